The Hall–Kier alpha value is -2.22. The first kappa shape index (κ1) is 17.2. The molecule has 8 nitrogen and oxygen atoms in total. The second kappa shape index (κ2) is 6.50. The van der Waals surface area contributed by atoms with Gasteiger partial charge in [0.05, 0.1) is 25.8 Å². The maximum atomic E-state index is 12.5. The number of ether oxygens (including phenoxy) is 2. The van der Waals surface area contributed by atoms with Gasteiger partial charge in [-0.15, -0.1) is 0 Å². The number of rotatable bonds is 2. The van der Waals surface area contributed by atoms with Gasteiger partial charge in [0.25, 0.3) is 0 Å². The van der Waals surface area contributed by atoms with Crippen LogP contribution in [0, 0.1) is 6.92 Å². The van der Waals surface area contributed by atoms with Crippen LogP contribution in [-0.4, -0.2) is 58.8 Å². The van der Waals surface area contributed by atoms with E-state index < -0.39 is 5.60 Å². The summed E-state index contributed by atoms with van der Waals surface area (Å²) >= 11 is 0. The van der Waals surface area contributed by atoms with Crippen LogP contribution in [0.5, 0.6) is 0 Å². The maximum absolute atomic E-state index is 12.5. The van der Waals surface area contributed by atoms with Gasteiger partial charge in [-0.2, -0.15) is 0 Å². The molecule has 4 heterocycles. The van der Waals surface area contributed by atoms with E-state index in [1.165, 1.54) is 0 Å². The van der Waals surface area contributed by atoms with Crippen molar-refractivity contribution >= 4 is 17.8 Å². The van der Waals surface area contributed by atoms with E-state index in [0.29, 0.717) is 44.2 Å². The molecule has 0 N–H and O–H groups in total. The molecule has 0 unspecified atom stereocenters. The minimum Gasteiger partial charge on any atom is -0.440 e. The summed E-state index contributed by atoms with van der Waals surface area (Å²) in [4.78, 5) is 37.0. The van der Waals surface area contributed by atoms with E-state index in [4.69, 9.17) is 9.47 Å². The van der Waals surface area contributed by atoms with Gasteiger partial charge in [-0.05, 0) is 19.8 Å². The molecule has 0 bridgehead atoms. The quantitative estimate of drug-likeness (QED) is 0.802. The van der Waals surface area contributed by atoms with Gasteiger partial charge in [0, 0.05) is 38.1 Å². The summed E-state index contributed by atoms with van der Waals surface area (Å²) in [5.41, 5.74) is 0.300. The number of hydrogen-bond acceptors (Lipinski definition) is 6. The molecule has 2 amide bonds. The Morgan fingerprint density at radius 1 is 1.31 bits per heavy atom. The van der Waals surface area contributed by atoms with Crippen molar-refractivity contribution in [1.29, 1.82) is 0 Å². The lowest BCUT2D eigenvalue weighted by Gasteiger charge is -2.30. The molecule has 1 aromatic rings. The number of carbonyl (C=O) groups is 2. The fourth-order valence-electron chi connectivity index (χ4n) is 4.08. The van der Waals surface area contributed by atoms with Crippen molar-refractivity contribution in [1.82, 2.24) is 14.9 Å². The molecule has 0 aromatic carbocycles. The molecule has 4 rings (SSSR count). The highest BCUT2D eigenvalue weighted by Gasteiger charge is 2.47. The zero-order valence-corrected chi connectivity index (χ0v) is 15.2. The van der Waals surface area contributed by atoms with E-state index >= 15 is 0 Å². The first-order valence-corrected chi connectivity index (χ1v) is 9.18. The normalized spacial score (nSPS) is 25.0. The minimum absolute atomic E-state index is 0.0286. The maximum Gasteiger partial charge on any atom is 0.416 e. The van der Waals surface area contributed by atoms with Crippen LogP contribution in [-0.2, 0) is 14.3 Å². The van der Waals surface area contributed by atoms with Gasteiger partial charge in [-0.25, -0.2) is 14.8 Å². The van der Waals surface area contributed by atoms with Crippen LogP contribution in [0.1, 0.15) is 50.2 Å². The number of likely N-dealkylation sites (tertiary alicyclic amines) is 1. The lowest BCUT2D eigenvalue weighted by Crippen LogP contribution is -2.40. The van der Waals surface area contributed by atoms with E-state index in [2.05, 4.69) is 9.97 Å². The number of amides is 2. The molecular weight excluding hydrogens is 336 g/mol. The van der Waals surface area contributed by atoms with Gasteiger partial charge in [-0.3, -0.25) is 9.69 Å². The molecule has 0 radical (unpaired) electrons. The van der Waals surface area contributed by atoms with Gasteiger partial charge in [0.2, 0.25) is 5.91 Å². The molecule has 1 spiro atoms. The van der Waals surface area contributed by atoms with Crippen molar-refractivity contribution < 1.29 is 19.1 Å². The third-order valence-electron chi connectivity index (χ3n) is 5.46. The SMILES string of the molecule is CC(=O)N1CCC[C@@H]1c1nc(C)cc(N2CC3(CCOCC3)OC2=O)n1. The Balaban J connectivity index is 1.62. The average Bonchev–Trinajstić information content (AvgIpc) is 3.20. The Morgan fingerprint density at radius 2 is 2.08 bits per heavy atom. The van der Waals surface area contributed by atoms with E-state index in [-0.39, 0.29) is 18.0 Å². The molecule has 1 aromatic heterocycles. The molecule has 3 aliphatic rings. The molecule has 1 atom stereocenters. The van der Waals surface area contributed by atoms with Gasteiger partial charge in [0.1, 0.15) is 11.4 Å². The summed E-state index contributed by atoms with van der Waals surface area (Å²) in [6, 6.07) is 1.68. The van der Waals surface area contributed by atoms with Crippen molar-refractivity contribution in [3.63, 3.8) is 0 Å². The monoisotopic (exact) mass is 360 g/mol. The fraction of sp³-hybridized carbons (Fsp3) is 0.667. The van der Waals surface area contributed by atoms with Gasteiger partial charge in [-0.1, -0.05) is 0 Å². The standard InChI is InChI=1S/C18H24N4O4/c1-12-10-15(20-16(19-12)14-4-3-7-21(14)13(2)23)22-11-18(26-17(22)24)5-8-25-9-6-18/h10,14H,3-9,11H2,1-2H3/t14-/m1/s1. The molecular formula is C18H24N4O4. The Labute approximate surface area is 152 Å². The Kier molecular flexibility index (Phi) is 4.30. The number of aromatic nitrogens is 2. The molecule has 26 heavy (non-hydrogen) atoms. The third-order valence-corrected chi connectivity index (χ3v) is 5.46. The van der Waals surface area contributed by atoms with E-state index in [1.807, 2.05) is 6.92 Å². The predicted octanol–water partition coefficient (Wildman–Crippen LogP) is 1.97. The van der Waals surface area contributed by atoms with Gasteiger partial charge < -0.3 is 14.4 Å². The Morgan fingerprint density at radius 3 is 2.81 bits per heavy atom. The van der Waals surface area contributed by atoms with E-state index in [0.717, 1.165) is 25.1 Å². The summed E-state index contributed by atoms with van der Waals surface area (Å²) in [6.07, 6.45) is 2.81. The highest BCUT2D eigenvalue weighted by Crippen LogP contribution is 2.36. The largest absolute Gasteiger partial charge is 0.440 e. The van der Waals surface area contributed by atoms with Crippen molar-refractivity contribution in [2.45, 2.75) is 51.2 Å². The summed E-state index contributed by atoms with van der Waals surface area (Å²) in [5, 5.41) is 0. The zero-order valence-electron chi connectivity index (χ0n) is 15.2. The second-order valence-electron chi connectivity index (χ2n) is 7.35. The van der Waals surface area contributed by atoms with Crippen LogP contribution in [0.4, 0.5) is 10.6 Å². The van der Waals surface area contributed by atoms with Crippen LogP contribution in [0.3, 0.4) is 0 Å². The third kappa shape index (κ3) is 3.02. The number of nitrogens with zero attached hydrogens (tertiary/aromatic N) is 4. The smallest absolute Gasteiger partial charge is 0.416 e. The van der Waals surface area contributed by atoms with Crippen LogP contribution in [0.25, 0.3) is 0 Å². The summed E-state index contributed by atoms with van der Waals surface area (Å²) in [6.45, 7) is 5.86. The van der Waals surface area contributed by atoms with Crippen molar-refractivity contribution in [2.24, 2.45) is 0 Å². The molecule has 8 heteroatoms. The first-order valence-electron chi connectivity index (χ1n) is 9.18. The highest BCUT2D eigenvalue weighted by molar-refractivity contribution is 5.89. The Bertz CT molecular complexity index is 732. The summed E-state index contributed by atoms with van der Waals surface area (Å²) in [7, 11) is 0. The molecule has 0 saturated carbocycles. The van der Waals surface area contributed by atoms with E-state index in [9.17, 15) is 9.59 Å². The first-order chi connectivity index (χ1) is 12.5. The lowest BCUT2D eigenvalue weighted by atomic mass is 9.94. The van der Waals surface area contributed by atoms with Crippen LogP contribution < -0.4 is 4.90 Å². The number of anilines is 1. The van der Waals surface area contributed by atoms with Crippen LogP contribution in [0.2, 0.25) is 0 Å². The predicted molar refractivity (Wildman–Crippen MR) is 92.7 cm³/mol. The number of carbonyl (C=O) groups excluding carboxylic acids is 2. The van der Waals surface area contributed by atoms with Gasteiger partial charge in [0.15, 0.2) is 5.82 Å². The van der Waals surface area contributed by atoms with Crippen LogP contribution in [0.15, 0.2) is 6.07 Å². The second-order valence-corrected chi connectivity index (χ2v) is 7.35. The zero-order chi connectivity index (χ0) is 18.3. The number of hydrogen-bond donors (Lipinski definition) is 0. The number of aryl methyl sites for hydroxylation is 1. The van der Waals surface area contributed by atoms with Crippen molar-refractivity contribution in [3.05, 3.63) is 17.6 Å². The highest BCUT2D eigenvalue weighted by atomic mass is 16.6. The van der Waals surface area contributed by atoms with Crippen molar-refractivity contribution in [2.75, 3.05) is 31.2 Å². The molecule has 140 valence electrons. The lowest BCUT2D eigenvalue weighted by molar-refractivity contribution is -0.129. The molecule has 3 fully saturated rings. The molecule has 3 saturated heterocycles. The minimum atomic E-state index is -0.479. The van der Waals surface area contributed by atoms with Gasteiger partial charge >= 0.3 is 6.09 Å². The summed E-state index contributed by atoms with van der Waals surface area (Å²) < 4.78 is 11.1. The van der Waals surface area contributed by atoms with Crippen LogP contribution >= 0.6 is 0 Å². The van der Waals surface area contributed by atoms with E-state index in [1.54, 1.807) is 22.8 Å². The topological polar surface area (TPSA) is 84.9 Å². The average molecular weight is 360 g/mol. The van der Waals surface area contributed by atoms with Crippen molar-refractivity contribution in [3.8, 4) is 0 Å². The summed E-state index contributed by atoms with van der Waals surface area (Å²) in [5.74, 6) is 1.19. The molecule has 3 aliphatic heterocycles. The molecule has 0 aliphatic carbocycles. The fourth-order valence-corrected chi connectivity index (χ4v) is 4.08.